The zero-order valence-corrected chi connectivity index (χ0v) is 11.9. The van der Waals surface area contributed by atoms with Crippen LogP contribution in [-0.2, 0) is 5.41 Å². The topological polar surface area (TPSA) is 29.3 Å². The van der Waals surface area contributed by atoms with Gasteiger partial charge in [0.25, 0.3) is 0 Å². The van der Waals surface area contributed by atoms with Crippen molar-refractivity contribution in [3.05, 3.63) is 34.3 Å². The summed E-state index contributed by atoms with van der Waals surface area (Å²) >= 11 is 6.46. The molecule has 0 bridgehead atoms. The Morgan fingerprint density at radius 3 is 2.50 bits per heavy atom. The van der Waals surface area contributed by atoms with Gasteiger partial charge in [0.05, 0.1) is 0 Å². The van der Waals surface area contributed by atoms with Crippen molar-refractivity contribution in [2.24, 2.45) is 5.73 Å². The molecule has 0 amide bonds. The van der Waals surface area contributed by atoms with Crippen LogP contribution in [0.3, 0.4) is 0 Å². The smallest absolute Gasteiger partial charge is 0.0444 e. The van der Waals surface area contributed by atoms with Gasteiger partial charge in [-0.1, -0.05) is 23.7 Å². The normalized spacial score (nSPS) is 24.7. The fourth-order valence-corrected chi connectivity index (χ4v) is 3.54. The molecule has 1 aromatic rings. The summed E-state index contributed by atoms with van der Waals surface area (Å²) in [6, 6.07) is 6.84. The number of nitrogens with two attached hydrogens (primary N) is 1. The highest BCUT2D eigenvalue weighted by Crippen LogP contribution is 2.51. The highest BCUT2D eigenvalue weighted by molar-refractivity contribution is 6.31. The first kappa shape index (κ1) is 12.5. The molecule has 0 radical (unpaired) electrons. The van der Waals surface area contributed by atoms with Crippen molar-refractivity contribution in [2.45, 2.75) is 37.1 Å². The van der Waals surface area contributed by atoms with Crippen LogP contribution >= 0.6 is 11.6 Å². The molecule has 1 unspecified atom stereocenters. The van der Waals surface area contributed by atoms with Crippen LogP contribution in [0.1, 0.15) is 36.8 Å². The van der Waals surface area contributed by atoms with Crippen LogP contribution < -0.4 is 5.73 Å². The molecule has 0 aromatic heterocycles. The molecule has 3 rings (SSSR count). The molecule has 1 saturated carbocycles. The summed E-state index contributed by atoms with van der Waals surface area (Å²) < 4.78 is 0. The molecular formula is C15H21ClN2. The second-order valence-corrected chi connectivity index (χ2v) is 6.51. The Labute approximate surface area is 114 Å². The molecule has 1 aromatic carbocycles. The van der Waals surface area contributed by atoms with E-state index in [1.807, 2.05) is 0 Å². The Bertz CT molecular complexity index is 460. The number of likely N-dealkylation sites (N-methyl/N-ethyl adjacent to an activating group) is 1. The minimum atomic E-state index is 0.207. The first-order valence-electron chi connectivity index (χ1n) is 6.77. The van der Waals surface area contributed by atoms with Crippen LogP contribution in [0, 0.1) is 0 Å². The van der Waals surface area contributed by atoms with E-state index in [-0.39, 0.29) is 11.5 Å². The molecule has 1 saturated heterocycles. The van der Waals surface area contributed by atoms with Crippen LogP contribution in [-0.4, -0.2) is 31.1 Å². The zero-order chi connectivity index (χ0) is 12.9. The standard InChI is InChI=1S/C15H21ClN2/c1-10(17)15(5-6-15)12-3-4-13(14(16)7-12)11-8-18(2)9-11/h3-4,7,10-11H,5-6,8-9,17H2,1-2H3. The molecule has 1 aliphatic carbocycles. The maximum Gasteiger partial charge on any atom is 0.0444 e. The van der Waals surface area contributed by atoms with E-state index in [0.29, 0.717) is 5.92 Å². The van der Waals surface area contributed by atoms with Gasteiger partial charge in [-0.25, -0.2) is 0 Å². The molecule has 1 heterocycles. The minimum absolute atomic E-state index is 0.207. The van der Waals surface area contributed by atoms with Gasteiger partial charge in [0, 0.05) is 35.5 Å². The van der Waals surface area contributed by atoms with E-state index >= 15 is 0 Å². The Morgan fingerprint density at radius 1 is 1.39 bits per heavy atom. The van der Waals surface area contributed by atoms with Crippen LogP contribution in [0.2, 0.25) is 5.02 Å². The average Bonchev–Trinajstić information content (AvgIpc) is 3.06. The molecule has 18 heavy (non-hydrogen) atoms. The summed E-state index contributed by atoms with van der Waals surface area (Å²) in [6.07, 6.45) is 2.40. The van der Waals surface area contributed by atoms with E-state index in [0.717, 1.165) is 18.1 Å². The summed E-state index contributed by atoms with van der Waals surface area (Å²) in [5.74, 6) is 0.613. The second-order valence-electron chi connectivity index (χ2n) is 6.10. The summed E-state index contributed by atoms with van der Waals surface area (Å²) in [5.41, 5.74) is 8.96. The van der Waals surface area contributed by atoms with E-state index in [2.05, 4.69) is 37.1 Å². The zero-order valence-electron chi connectivity index (χ0n) is 11.1. The number of benzene rings is 1. The number of hydrogen-bond acceptors (Lipinski definition) is 2. The third-order valence-corrected chi connectivity index (χ3v) is 5.07. The number of likely N-dealkylation sites (tertiary alicyclic amines) is 1. The van der Waals surface area contributed by atoms with Gasteiger partial charge in [-0.05, 0) is 44.0 Å². The van der Waals surface area contributed by atoms with Crippen LogP contribution in [0.4, 0.5) is 0 Å². The predicted molar refractivity (Wildman–Crippen MR) is 76.3 cm³/mol. The monoisotopic (exact) mass is 264 g/mol. The maximum atomic E-state index is 6.46. The summed E-state index contributed by atoms with van der Waals surface area (Å²) in [6.45, 7) is 4.35. The average molecular weight is 265 g/mol. The largest absolute Gasteiger partial charge is 0.327 e. The number of hydrogen-bond donors (Lipinski definition) is 1. The lowest BCUT2D eigenvalue weighted by atomic mass is 9.86. The van der Waals surface area contributed by atoms with Gasteiger partial charge >= 0.3 is 0 Å². The Morgan fingerprint density at radius 2 is 2.06 bits per heavy atom. The van der Waals surface area contributed by atoms with Crippen LogP contribution in [0.15, 0.2) is 18.2 Å². The van der Waals surface area contributed by atoms with Gasteiger partial charge in [-0.3, -0.25) is 0 Å². The molecular weight excluding hydrogens is 244 g/mol. The van der Waals surface area contributed by atoms with E-state index in [1.54, 1.807) is 0 Å². The van der Waals surface area contributed by atoms with Crippen LogP contribution in [0.25, 0.3) is 0 Å². The van der Waals surface area contributed by atoms with E-state index < -0.39 is 0 Å². The SMILES string of the molecule is CC(N)C1(c2ccc(C3CN(C)C3)c(Cl)c2)CC1. The fourth-order valence-electron chi connectivity index (χ4n) is 3.21. The number of rotatable bonds is 3. The van der Waals surface area contributed by atoms with Crippen molar-refractivity contribution in [1.29, 1.82) is 0 Å². The lowest BCUT2D eigenvalue weighted by Gasteiger charge is -2.37. The van der Waals surface area contributed by atoms with Gasteiger partial charge in [0.1, 0.15) is 0 Å². The number of halogens is 1. The molecule has 0 spiro atoms. The van der Waals surface area contributed by atoms with Gasteiger partial charge in [-0.2, -0.15) is 0 Å². The van der Waals surface area contributed by atoms with Crippen LogP contribution in [0.5, 0.6) is 0 Å². The van der Waals surface area contributed by atoms with Gasteiger partial charge in [0.15, 0.2) is 0 Å². The van der Waals surface area contributed by atoms with Crippen molar-refractivity contribution < 1.29 is 0 Å². The van der Waals surface area contributed by atoms with E-state index in [9.17, 15) is 0 Å². The molecule has 1 atom stereocenters. The predicted octanol–water partition coefficient (Wildman–Crippen LogP) is 2.75. The van der Waals surface area contributed by atoms with E-state index in [4.69, 9.17) is 17.3 Å². The van der Waals surface area contributed by atoms with Gasteiger partial charge in [-0.15, -0.1) is 0 Å². The molecule has 3 heteroatoms. The summed E-state index contributed by atoms with van der Waals surface area (Å²) in [7, 11) is 2.15. The highest BCUT2D eigenvalue weighted by atomic mass is 35.5. The lowest BCUT2D eigenvalue weighted by molar-refractivity contribution is 0.190. The molecule has 2 nitrogen and oxygen atoms in total. The second kappa shape index (κ2) is 4.22. The summed E-state index contributed by atoms with van der Waals surface area (Å²) in [5, 5.41) is 0.928. The third kappa shape index (κ3) is 1.87. The fraction of sp³-hybridized carbons (Fsp3) is 0.600. The van der Waals surface area contributed by atoms with Crippen molar-refractivity contribution in [1.82, 2.24) is 4.90 Å². The van der Waals surface area contributed by atoms with Gasteiger partial charge < -0.3 is 10.6 Å². The lowest BCUT2D eigenvalue weighted by Crippen LogP contribution is -2.41. The first-order chi connectivity index (χ1) is 8.53. The first-order valence-corrected chi connectivity index (χ1v) is 7.15. The van der Waals surface area contributed by atoms with Gasteiger partial charge in [0.2, 0.25) is 0 Å². The molecule has 2 fully saturated rings. The molecule has 98 valence electrons. The third-order valence-electron chi connectivity index (χ3n) is 4.74. The Hall–Kier alpha value is -0.570. The van der Waals surface area contributed by atoms with Crippen molar-refractivity contribution in [3.63, 3.8) is 0 Å². The quantitative estimate of drug-likeness (QED) is 0.910. The van der Waals surface area contributed by atoms with Crippen molar-refractivity contribution >= 4 is 11.6 Å². The maximum absolute atomic E-state index is 6.46. The molecule has 2 N–H and O–H groups in total. The molecule has 1 aliphatic heterocycles. The molecule has 2 aliphatic rings. The van der Waals surface area contributed by atoms with E-state index in [1.165, 1.54) is 24.0 Å². The Balaban J connectivity index is 1.86. The summed E-state index contributed by atoms with van der Waals surface area (Å²) in [4.78, 5) is 2.32. The van der Waals surface area contributed by atoms with Crippen molar-refractivity contribution in [3.8, 4) is 0 Å². The number of nitrogens with zero attached hydrogens (tertiary/aromatic N) is 1. The Kier molecular flexibility index (Phi) is 2.92. The highest BCUT2D eigenvalue weighted by Gasteiger charge is 2.47. The van der Waals surface area contributed by atoms with Crippen molar-refractivity contribution in [2.75, 3.05) is 20.1 Å². The minimum Gasteiger partial charge on any atom is -0.327 e.